The molecular weight excluding hydrogens is 294 g/mol. The third-order valence-electron chi connectivity index (χ3n) is 4.48. The van der Waals surface area contributed by atoms with Gasteiger partial charge in [0.25, 0.3) is 0 Å². The number of benzene rings is 1. The van der Waals surface area contributed by atoms with E-state index in [9.17, 15) is 9.59 Å². The van der Waals surface area contributed by atoms with Gasteiger partial charge in [-0.15, -0.1) is 0 Å². The number of carbonyl (C=O) groups is 2. The van der Waals surface area contributed by atoms with E-state index < -0.39 is 6.04 Å². The van der Waals surface area contributed by atoms with E-state index in [1.807, 2.05) is 12.1 Å². The predicted molar refractivity (Wildman–Crippen MR) is 85.3 cm³/mol. The van der Waals surface area contributed by atoms with E-state index in [0.717, 1.165) is 13.0 Å². The number of nitrogens with one attached hydrogen (secondary N) is 1. The predicted octanol–water partition coefficient (Wildman–Crippen LogP) is 0.849. The molecule has 0 radical (unpaired) electrons. The molecule has 6 nitrogen and oxygen atoms in total. The van der Waals surface area contributed by atoms with Crippen molar-refractivity contribution in [3.8, 4) is 0 Å². The molecule has 1 N–H and O–H groups in total. The summed E-state index contributed by atoms with van der Waals surface area (Å²) in [6.45, 7) is 5.31. The molecule has 1 unspecified atom stereocenters. The van der Waals surface area contributed by atoms with Crippen LogP contribution in [0.4, 0.5) is 0 Å². The quantitative estimate of drug-likeness (QED) is 0.894. The number of piperazine rings is 1. The summed E-state index contributed by atoms with van der Waals surface area (Å²) in [7, 11) is 0. The monoisotopic (exact) mass is 317 g/mol. The van der Waals surface area contributed by atoms with E-state index in [1.54, 1.807) is 0 Å². The Morgan fingerprint density at radius 2 is 2.17 bits per heavy atom. The van der Waals surface area contributed by atoms with E-state index in [0.29, 0.717) is 26.2 Å². The number of hydrogen-bond acceptors (Lipinski definition) is 4. The second-order valence-corrected chi connectivity index (χ2v) is 6.09. The molecule has 0 saturated carbocycles. The lowest BCUT2D eigenvalue weighted by molar-refractivity contribution is -0.171. The fourth-order valence-electron chi connectivity index (χ4n) is 3.09. The second-order valence-electron chi connectivity index (χ2n) is 6.09. The van der Waals surface area contributed by atoms with Gasteiger partial charge >= 0.3 is 0 Å². The van der Waals surface area contributed by atoms with Crippen LogP contribution in [-0.4, -0.2) is 54.1 Å². The Balaban J connectivity index is 1.70. The molecule has 1 atom stereocenters. The molecule has 3 rings (SSSR count). The van der Waals surface area contributed by atoms with Crippen molar-refractivity contribution >= 4 is 11.8 Å². The molecule has 2 fully saturated rings. The Bertz CT molecular complexity index is 584. The fraction of sp³-hybridized carbons (Fsp3) is 0.529. The molecule has 1 aromatic rings. The van der Waals surface area contributed by atoms with Crippen molar-refractivity contribution in [1.82, 2.24) is 15.3 Å². The minimum absolute atomic E-state index is 0.0719. The molecule has 6 heteroatoms. The minimum Gasteiger partial charge on any atom is -0.353 e. The zero-order valence-corrected chi connectivity index (χ0v) is 13.5. The molecule has 23 heavy (non-hydrogen) atoms. The summed E-state index contributed by atoms with van der Waals surface area (Å²) in [6, 6.07) is 7.72. The van der Waals surface area contributed by atoms with Crippen LogP contribution in [0.15, 0.2) is 24.3 Å². The maximum absolute atomic E-state index is 12.3. The van der Waals surface area contributed by atoms with Crippen LogP contribution in [0.25, 0.3) is 0 Å². The lowest BCUT2D eigenvalue weighted by Gasteiger charge is -2.35. The van der Waals surface area contributed by atoms with Gasteiger partial charge in [-0.2, -0.15) is 0 Å². The van der Waals surface area contributed by atoms with Crippen LogP contribution in [-0.2, 0) is 21.0 Å². The molecule has 124 valence electrons. The zero-order valence-electron chi connectivity index (χ0n) is 13.5. The van der Waals surface area contributed by atoms with Crippen molar-refractivity contribution in [2.24, 2.45) is 0 Å². The van der Waals surface area contributed by atoms with Crippen LogP contribution in [0.1, 0.15) is 24.0 Å². The lowest BCUT2D eigenvalue weighted by Crippen LogP contribution is -2.56. The summed E-state index contributed by atoms with van der Waals surface area (Å²) in [5, 5.41) is 4.26. The summed E-state index contributed by atoms with van der Waals surface area (Å²) < 4.78 is 0. The molecule has 2 amide bonds. The fourth-order valence-corrected chi connectivity index (χ4v) is 3.09. The third-order valence-corrected chi connectivity index (χ3v) is 4.48. The van der Waals surface area contributed by atoms with Crippen LogP contribution >= 0.6 is 0 Å². The first-order chi connectivity index (χ1) is 11.1. The number of aryl methyl sites for hydroxylation is 1. The lowest BCUT2D eigenvalue weighted by atomic mass is 10.0. The van der Waals surface area contributed by atoms with Gasteiger partial charge in [0.2, 0.25) is 11.8 Å². The standard InChI is InChI=1S/C17H23N3O3/c1-13-5-2-3-6-14(13)12-19-9-7-18-17(22)15(19)11-16(21)20-8-4-10-23-20/h2-3,5-6,15H,4,7-12H2,1H3,(H,18,22). The number of rotatable bonds is 4. The summed E-state index contributed by atoms with van der Waals surface area (Å²) in [5.41, 5.74) is 2.39. The van der Waals surface area contributed by atoms with Gasteiger partial charge in [-0.1, -0.05) is 24.3 Å². The van der Waals surface area contributed by atoms with Crippen molar-refractivity contribution < 1.29 is 14.4 Å². The van der Waals surface area contributed by atoms with Gasteiger partial charge < -0.3 is 5.32 Å². The number of hydrogen-bond donors (Lipinski definition) is 1. The van der Waals surface area contributed by atoms with Crippen LogP contribution in [0.2, 0.25) is 0 Å². The molecule has 0 spiro atoms. The first kappa shape index (κ1) is 16.0. The molecule has 0 bridgehead atoms. The van der Waals surface area contributed by atoms with Gasteiger partial charge in [0.1, 0.15) is 0 Å². The molecular formula is C17H23N3O3. The Morgan fingerprint density at radius 3 is 2.91 bits per heavy atom. The highest BCUT2D eigenvalue weighted by Crippen LogP contribution is 2.18. The first-order valence-corrected chi connectivity index (χ1v) is 8.14. The normalized spacial score (nSPS) is 22.2. The van der Waals surface area contributed by atoms with Gasteiger partial charge in [0, 0.05) is 19.6 Å². The van der Waals surface area contributed by atoms with E-state index in [-0.39, 0.29) is 18.2 Å². The first-order valence-electron chi connectivity index (χ1n) is 8.14. The summed E-state index contributed by atoms with van der Waals surface area (Å²) in [4.78, 5) is 32.0. The Kier molecular flexibility index (Phi) is 4.93. The van der Waals surface area contributed by atoms with E-state index in [2.05, 4.69) is 29.3 Å². The number of nitrogens with zero attached hydrogens (tertiary/aromatic N) is 2. The third kappa shape index (κ3) is 3.71. The SMILES string of the molecule is Cc1ccccc1CN1CCNC(=O)C1CC(=O)N1CCCO1. The topological polar surface area (TPSA) is 61.9 Å². The van der Waals surface area contributed by atoms with Crippen molar-refractivity contribution in [3.05, 3.63) is 35.4 Å². The maximum atomic E-state index is 12.3. The van der Waals surface area contributed by atoms with E-state index in [1.165, 1.54) is 16.2 Å². The largest absolute Gasteiger partial charge is 0.353 e. The second kappa shape index (κ2) is 7.10. The van der Waals surface area contributed by atoms with E-state index >= 15 is 0 Å². The summed E-state index contributed by atoms with van der Waals surface area (Å²) in [6.07, 6.45) is 1.02. The molecule has 2 heterocycles. The van der Waals surface area contributed by atoms with Gasteiger partial charge in [-0.25, -0.2) is 5.06 Å². The highest BCUT2D eigenvalue weighted by atomic mass is 16.7. The maximum Gasteiger partial charge on any atom is 0.248 e. The number of hydroxylamine groups is 2. The van der Waals surface area contributed by atoms with Crippen molar-refractivity contribution in [2.75, 3.05) is 26.2 Å². The van der Waals surface area contributed by atoms with Gasteiger partial charge in [-0.3, -0.25) is 19.3 Å². The van der Waals surface area contributed by atoms with Gasteiger partial charge in [0.15, 0.2) is 0 Å². The zero-order chi connectivity index (χ0) is 16.2. The number of amides is 2. The van der Waals surface area contributed by atoms with Crippen molar-refractivity contribution in [1.29, 1.82) is 0 Å². The van der Waals surface area contributed by atoms with Crippen molar-refractivity contribution in [3.63, 3.8) is 0 Å². The van der Waals surface area contributed by atoms with Gasteiger partial charge in [0.05, 0.1) is 25.6 Å². The molecule has 0 aliphatic carbocycles. The summed E-state index contributed by atoms with van der Waals surface area (Å²) >= 11 is 0. The summed E-state index contributed by atoms with van der Waals surface area (Å²) in [5.74, 6) is -0.184. The average Bonchev–Trinajstić information content (AvgIpc) is 3.07. The molecule has 2 saturated heterocycles. The Morgan fingerprint density at radius 1 is 1.35 bits per heavy atom. The Hall–Kier alpha value is -1.92. The average molecular weight is 317 g/mol. The smallest absolute Gasteiger partial charge is 0.248 e. The van der Waals surface area contributed by atoms with Gasteiger partial charge in [-0.05, 0) is 24.5 Å². The highest BCUT2D eigenvalue weighted by Gasteiger charge is 2.34. The molecule has 2 aliphatic rings. The van der Waals surface area contributed by atoms with Crippen molar-refractivity contribution in [2.45, 2.75) is 32.4 Å². The van der Waals surface area contributed by atoms with E-state index in [4.69, 9.17) is 4.84 Å². The minimum atomic E-state index is -0.431. The molecule has 0 aromatic heterocycles. The van der Waals surface area contributed by atoms with Crippen LogP contribution in [0.3, 0.4) is 0 Å². The molecule has 1 aromatic carbocycles. The molecule has 2 aliphatic heterocycles. The number of carbonyl (C=O) groups excluding carboxylic acids is 2. The Labute approximate surface area is 136 Å². The van der Waals surface area contributed by atoms with Crippen LogP contribution in [0.5, 0.6) is 0 Å². The highest BCUT2D eigenvalue weighted by molar-refractivity contribution is 5.88. The van der Waals surface area contributed by atoms with Crippen LogP contribution in [0, 0.1) is 6.92 Å². The van der Waals surface area contributed by atoms with Crippen LogP contribution < -0.4 is 5.32 Å².